The molecule has 13 heteroatoms. The van der Waals surface area contributed by atoms with Crippen LogP contribution in [0.1, 0.15) is 38.7 Å². The number of nitrogens with zero attached hydrogens (tertiary/aromatic N) is 3. The van der Waals surface area contributed by atoms with Crippen molar-refractivity contribution in [1.82, 2.24) is 19.5 Å². The van der Waals surface area contributed by atoms with Crippen LogP contribution in [0, 0.1) is 0 Å². The fraction of sp³-hybridized carbons (Fsp3) is 0.522. The van der Waals surface area contributed by atoms with Crippen molar-refractivity contribution < 1.29 is 23.1 Å². The molecule has 2 aromatic heterocycles. The summed E-state index contributed by atoms with van der Waals surface area (Å²) < 4.78 is 39.2. The number of fused-ring (bicyclic) bond motifs is 1. The average Bonchev–Trinajstić information content (AvgIpc) is 3.26. The Labute approximate surface area is 218 Å². The predicted molar refractivity (Wildman–Crippen MR) is 141 cm³/mol. The van der Waals surface area contributed by atoms with Gasteiger partial charge in [0.25, 0.3) is 5.56 Å². The first-order valence-corrected chi connectivity index (χ1v) is 14.4. The van der Waals surface area contributed by atoms with E-state index in [-0.39, 0.29) is 43.7 Å². The van der Waals surface area contributed by atoms with Crippen molar-refractivity contribution in [3.8, 4) is 0 Å². The summed E-state index contributed by atoms with van der Waals surface area (Å²) in [6, 6.07) is 7.54. The van der Waals surface area contributed by atoms with E-state index >= 15 is 0 Å². The lowest BCUT2D eigenvalue weighted by atomic mass is 10.2. The van der Waals surface area contributed by atoms with Gasteiger partial charge in [0.1, 0.15) is 6.35 Å². The number of anilines is 1. The van der Waals surface area contributed by atoms with Crippen molar-refractivity contribution in [2.75, 3.05) is 31.9 Å². The minimum atomic E-state index is -3.61. The number of rotatable bonds is 16. The highest BCUT2D eigenvalue weighted by atomic mass is 79.9. The van der Waals surface area contributed by atoms with Gasteiger partial charge in [-0.3, -0.25) is 14.3 Å². The number of nitrogens with one attached hydrogen (secondary N) is 1. The van der Waals surface area contributed by atoms with Crippen LogP contribution in [0.15, 0.2) is 39.9 Å². The quantitative estimate of drug-likeness (QED) is 0.184. The molecule has 36 heavy (non-hydrogen) atoms. The molecule has 0 bridgehead atoms. The van der Waals surface area contributed by atoms with Crippen LogP contribution in [0.3, 0.4) is 0 Å². The van der Waals surface area contributed by atoms with Gasteiger partial charge in [-0.2, -0.15) is 4.98 Å². The average molecular weight is 586 g/mol. The summed E-state index contributed by atoms with van der Waals surface area (Å²) in [5.41, 5.74) is 6.60. The molecule has 3 aromatic rings. The molecule has 0 spiro atoms. The van der Waals surface area contributed by atoms with Gasteiger partial charge in [-0.25, -0.2) is 4.98 Å². The number of hydrogen-bond donors (Lipinski definition) is 2. The Balaban J connectivity index is 1.61. The Hall–Kier alpha value is -2.08. The van der Waals surface area contributed by atoms with Crippen LogP contribution in [0.4, 0.5) is 5.95 Å². The van der Waals surface area contributed by atoms with Gasteiger partial charge in [0.15, 0.2) is 11.2 Å². The van der Waals surface area contributed by atoms with E-state index in [4.69, 9.17) is 24.3 Å². The molecule has 0 aliphatic heterocycles. The number of nitrogen functional groups attached to an aromatic ring is 1. The second kappa shape index (κ2) is 14.0. The zero-order valence-electron chi connectivity index (χ0n) is 20.5. The molecule has 0 saturated heterocycles. The van der Waals surface area contributed by atoms with E-state index in [1.807, 2.05) is 31.2 Å². The number of halogens is 1. The standard InChI is InChI=1S/C23H33BrN5O6P/c1-3-5-10-33-19(4-2)14-35-36(31,34-13-17-7-6-8-18(24)12-17)16-32-11-9-29-15-26-20-21(29)27-23(25)28-22(20)30/h6-8,12,15,19H,3-5,9-11,13-14,16H2,1-2H3,(H3,25,27,28,30). The third kappa shape index (κ3) is 8.50. The van der Waals surface area contributed by atoms with Crippen LogP contribution in [0.2, 0.25) is 0 Å². The van der Waals surface area contributed by atoms with Crippen LogP contribution in [0.5, 0.6) is 0 Å². The van der Waals surface area contributed by atoms with Crippen LogP contribution in [-0.2, 0) is 36.2 Å². The SMILES string of the molecule is CCCCOC(CC)COP(=O)(COCCn1cnc2c(=O)[nH]c(N)nc21)OCc1cccc(Br)c1. The number of aromatic amines is 1. The Morgan fingerprint density at radius 1 is 1.25 bits per heavy atom. The van der Waals surface area contributed by atoms with E-state index in [1.54, 1.807) is 4.57 Å². The van der Waals surface area contributed by atoms with E-state index in [0.29, 0.717) is 18.8 Å². The first-order chi connectivity index (χ1) is 17.3. The van der Waals surface area contributed by atoms with E-state index < -0.39 is 13.2 Å². The van der Waals surface area contributed by atoms with Gasteiger partial charge in [-0.05, 0) is 30.5 Å². The number of imidazole rings is 1. The maximum absolute atomic E-state index is 13.6. The summed E-state index contributed by atoms with van der Waals surface area (Å²) in [4.78, 5) is 22.6. The summed E-state index contributed by atoms with van der Waals surface area (Å²) in [6.45, 7) is 5.43. The fourth-order valence-electron chi connectivity index (χ4n) is 3.26. The summed E-state index contributed by atoms with van der Waals surface area (Å²) in [7, 11) is -3.61. The van der Waals surface area contributed by atoms with Gasteiger partial charge >= 0.3 is 7.60 Å². The molecule has 0 aliphatic rings. The number of benzene rings is 1. The number of aromatic nitrogens is 4. The van der Waals surface area contributed by atoms with Gasteiger partial charge < -0.3 is 28.8 Å². The van der Waals surface area contributed by atoms with Gasteiger partial charge in [0.05, 0.1) is 32.3 Å². The van der Waals surface area contributed by atoms with Gasteiger partial charge in [-0.15, -0.1) is 0 Å². The molecular formula is C23H33BrN5O6P. The van der Waals surface area contributed by atoms with Crippen molar-refractivity contribution in [2.45, 2.75) is 52.4 Å². The Kier molecular flexibility index (Phi) is 11.1. The van der Waals surface area contributed by atoms with Crippen molar-refractivity contribution in [2.24, 2.45) is 0 Å². The highest BCUT2D eigenvalue weighted by molar-refractivity contribution is 9.10. The largest absolute Gasteiger partial charge is 0.376 e. The summed E-state index contributed by atoms with van der Waals surface area (Å²) >= 11 is 3.43. The Morgan fingerprint density at radius 3 is 2.83 bits per heavy atom. The number of unbranched alkanes of at least 4 members (excludes halogenated alkanes) is 1. The van der Waals surface area contributed by atoms with Gasteiger partial charge in [0, 0.05) is 17.6 Å². The van der Waals surface area contributed by atoms with E-state index in [2.05, 4.69) is 37.8 Å². The zero-order chi connectivity index (χ0) is 26.0. The molecule has 0 amide bonds. The summed E-state index contributed by atoms with van der Waals surface area (Å²) in [6.07, 6.45) is 3.75. The van der Waals surface area contributed by atoms with Crippen molar-refractivity contribution in [3.63, 3.8) is 0 Å². The molecule has 198 valence electrons. The normalized spacial score (nSPS) is 14.2. The zero-order valence-corrected chi connectivity index (χ0v) is 23.0. The van der Waals surface area contributed by atoms with Crippen LogP contribution >= 0.6 is 23.5 Å². The minimum absolute atomic E-state index is 0.000604. The second-order valence-electron chi connectivity index (χ2n) is 8.16. The van der Waals surface area contributed by atoms with E-state index in [0.717, 1.165) is 29.3 Å². The highest BCUT2D eigenvalue weighted by Gasteiger charge is 2.27. The fourth-order valence-corrected chi connectivity index (χ4v) is 5.02. The molecule has 2 heterocycles. The molecular weight excluding hydrogens is 553 g/mol. The third-order valence-electron chi connectivity index (χ3n) is 5.30. The number of nitrogens with two attached hydrogens (primary N) is 1. The second-order valence-corrected chi connectivity index (χ2v) is 11.1. The molecule has 2 unspecified atom stereocenters. The van der Waals surface area contributed by atoms with Crippen LogP contribution < -0.4 is 11.3 Å². The molecule has 0 radical (unpaired) electrons. The van der Waals surface area contributed by atoms with E-state index in [9.17, 15) is 9.36 Å². The number of H-pyrrole nitrogens is 1. The molecule has 3 N–H and O–H groups in total. The smallest absolute Gasteiger partial charge is 0.356 e. The first kappa shape index (κ1) is 28.5. The molecule has 0 aliphatic carbocycles. The van der Waals surface area contributed by atoms with Crippen LogP contribution in [0.25, 0.3) is 11.2 Å². The molecule has 1 aromatic carbocycles. The first-order valence-electron chi connectivity index (χ1n) is 11.9. The third-order valence-corrected chi connectivity index (χ3v) is 7.36. The topological polar surface area (TPSA) is 144 Å². The maximum atomic E-state index is 13.6. The summed E-state index contributed by atoms with van der Waals surface area (Å²) in [5, 5.41) is 0. The lowest BCUT2D eigenvalue weighted by Gasteiger charge is -2.22. The molecule has 11 nitrogen and oxygen atoms in total. The molecule has 0 fully saturated rings. The Morgan fingerprint density at radius 2 is 2.08 bits per heavy atom. The number of hydrogen-bond acceptors (Lipinski definition) is 9. The maximum Gasteiger partial charge on any atom is 0.356 e. The van der Waals surface area contributed by atoms with Gasteiger partial charge in [0.2, 0.25) is 5.95 Å². The predicted octanol–water partition coefficient (Wildman–Crippen LogP) is 4.46. The van der Waals surface area contributed by atoms with Crippen molar-refractivity contribution >= 4 is 40.6 Å². The molecule has 3 rings (SSSR count). The minimum Gasteiger partial charge on any atom is -0.376 e. The van der Waals surface area contributed by atoms with Crippen LogP contribution in [-0.4, -0.2) is 51.8 Å². The summed E-state index contributed by atoms with van der Waals surface area (Å²) in [5.74, 6) is 0.000604. The van der Waals surface area contributed by atoms with Crippen molar-refractivity contribution in [3.05, 3.63) is 51.0 Å². The van der Waals surface area contributed by atoms with Crippen molar-refractivity contribution in [1.29, 1.82) is 0 Å². The van der Waals surface area contributed by atoms with E-state index in [1.165, 1.54) is 6.33 Å². The molecule has 0 saturated carbocycles. The lowest BCUT2D eigenvalue weighted by molar-refractivity contribution is 0.00858. The van der Waals surface area contributed by atoms with Gasteiger partial charge in [-0.1, -0.05) is 48.3 Å². The highest BCUT2D eigenvalue weighted by Crippen LogP contribution is 2.49. The monoisotopic (exact) mass is 585 g/mol. The Bertz CT molecular complexity index is 1220. The lowest BCUT2D eigenvalue weighted by Crippen LogP contribution is -2.20. The molecule has 2 atom stereocenters. The number of ether oxygens (including phenoxy) is 2.